The molecule has 0 saturated carbocycles. The average Bonchev–Trinajstić information content (AvgIpc) is 3.25. The maximum atomic E-state index is 12.3. The second-order valence-corrected chi connectivity index (χ2v) is 5.35. The van der Waals surface area contributed by atoms with E-state index < -0.39 is 0 Å². The lowest BCUT2D eigenvalue weighted by molar-refractivity contribution is 0.0787. The van der Waals surface area contributed by atoms with Crippen LogP contribution in [0.25, 0.3) is 11.0 Å². The first-order valence-electron chi connectivity index (χ1n) is 7.06. The fourth-order valence-electron chi connectivity index (χ4n) is 2.99. The lowest BCUT2D eigenvalue weighted by Crippen LogP contribution is -2.28. The van der Waals surface area contributed by atoms with E-state index in [1.807, 2.05) is 29.4 Å². The molecule has 1 atom stereocenters. The number of fused-ring (bicyclic) bond motifs is 1. The number of carbonyl (C=O) groups is 1. The fraction of sp³-hybridized carbons (Fsp3) is 0.250. The van der Waals surface area contributed by atoms with Crippen LogP contribution < -0.4 is 0 Å². The quantitative estimate of drug-likeness (QED) is 0.725. The van der Waals surface area contributed by atoms with Crippen LogP contribution in [0.1, 0.15) is 22.8 Å². The molecular weight excluding hydrogens is 266 g/mol. The van der Waals surface area contributed by atoms with Crippen LogP contribution in [0.4, 0.5) is 0 Å². The number of imidazole rings is 1. The van der Waals surface area contributed by atoms with Crippen LogP contribution in [0.3, 0.4) is 0 Å². The monoisotopic (exact) mass is 281 g/mol. The van der Waals surface area contributed by atoms with E-state index in [9.17, 15) is 4.79 Å². The van der Waals surface area contributed by atoms with E-state index in [0.717, 1.165) is 24.0 Å². The van der Waals surface area contributed by atoms with E-state index in [-0.39, 0.29) is 11.9 Å². The van der Waals surface area contributed by atoms with Gasteiger partial charge in [-0.2, -0.15) is 0 Å². The summed E-state index contributed by atoms with van der Waals surface area (Å²) in [5.74, 6) is 0.0377. The number of hydrogen-bond acceptors (Lipinski definition) is 3. The third kappa shape index (κ3) is 2.01. The Morgan fingerprint density at radius 1 is 1.29 bits per heavy atom. The number of para-hydroxylation sites is 2. The molecule has 4 rings (SSSR count). The first-order chi connectivity index (χ1) is 10.3. The van der Waals surface area contributed by atoms with Crippen molar-refractivity contribution in [2.24, 2.45) is 0 Å². The standard InChI is InChI=1S/C16H15N3O2/c20-16(12-6-8-21-10-12)18-7-5-13(9-18)19-11-17-14-3-1-2-4-15(14)19/h1-4,6,8,10-11,13H,5,7,9H2/t13-/m1/s1. The molecule has 0 N–H and O–H groups in total. The van der Waals surface area contributed by atoms with Crippen LogP contribution in [0.2, 0.25) is 0 Å². The SMILES string of the molecule is O=C(c1ccoc1)N1CC[C@@H](n2cnc3ccccc32)C1. The molecule has 3 aromatic rings. The van der Waals surface area contributed by atoms with Crippen molar-refractivity contribution in [2.45, 2.75) is 12.5 Å². The predicted molar refractivity (Wildman–Crippen MR) is 78.0 cm³/mol. The first kappa shape index (κ1) is 12.2. The molecule has 0 aliphatic carbocycles. The Morgan fingerprint density at radius 2 is 2.19 bits per heavy atom. The minimum absolute atomic E-state index is 0.0377. The molecule has 0 radical (unpaired) electrons. The van der Waals surface area contributed by atoms with Crippen LogP contribution in [-0.4, -0.2) is 33.4 Å². The number of nitrogens with zero attached hydrogens (tertiary/aromatic N) is 3. The Bertz CT molecular complexity index is 776. The van der Waals surface area contributed by atoms with Gasteiger partial charge in [-0.05, 0) is 24.6 Å². The minimum Gasteiger partial charge on any atom is -0.472 e. The number of aromatic nitrogens is 2. The molecule has 0 unspecified atom stereocenters. The maximum Gasteiger partial charge on any atom is 0.257 e. The van der Waals surface area contributed by atoms with Crippen molar-refractivity contribution in [3.63, 3.8) is 0 Å². The van der Waals surface area contributed by atoms with Crippen LogP contribution in [0.15, 0.2) is 53.6 Å². The van der Waals surface area contributed by atoms with Gasteiger partial charge < -0.3 is 13.9 Å². The van der Waals surface area contributed by atoms with Gasteiger partial charge in [0.25, 0.3) is 5.91 Å². The summed E-state index contributed by atoms with van der Waals surface area (Å²) in [7, 11) is 0. The molecule has 1 aliphatic rings. The van der Waals surface area contributed by atoms with Gasteiger partial charge in [-0.3, -0.25) is 4.79 Å². The highest BCUT2D eigenvalue weighted by molar-refractivity contribution is 5.94. The maximum absolute atomic E-state index is 12.3. The van der Waals surface area contributed by atoms with Crippen molar-refractivity contribution in [2.75, 3.05) is 13.1 Å². The lowest BCUT2D eigenvalue weighted by Gasteiger charge is -2.16. The molecule has 3 heterocycles. The van der Waals surface area contributed by atoms with E-state index in [1.165, 1.54) is 12.5 Å². The second kappa shape index (κ2) is 4.77. The minimum atomic E-state index is 0.0377. The van der Waals surface area contributed by atoms with Gasteiger partial charge in [-0.1, -0.05) is 12.1 Å². The molecule has 2 aromatic heterocycles. The number of amides is 1. The van der Waals surface area contributed by atoms with E-state index in [0.29, 0.717) is 12.1 Å². The van der Waals surface area contributed by atoms with Crippen molar-refractivity contribution < 1.29 is 9.21 Å². The highest BCUT2D eigenvalue weighted by Crippen LogP contribution is 2.26. The highest BCUT2D eigenvalue weighted by Gasteiger charge is 2.29. The molecule has 0 bridgehead atoms. The number of benzene rings is 1. The normalized spacial score (nSPS) is 18.5. The van der Waals surface area contributed by atoms with E-state index >= 15 is 0 Å². The van der Waals surface area contributed by atoms with Crippen molar-refractivity contribution in [3.8, 4) is 0 Å². The summed E-state index contributed by atoms with van der Waals surface area (Å²) >= 11 is 0. The summed E-state index contributed by atoms with van der Waals surface area (Å²) < 4.78 is 7.17. The van der Waals surface area contributed by atoms with Gasteiger partial charge in [0.1, 0.15) is 6.26 Å². The Morgan fingerprint density at radius 3 is 3.05 bits per heavy atom. The molecule has 1 amide bonds. The lowest BCUT2D eigenvalue weighted by atomic mass is 10.2. The number of carbonyl (C=O) groups excluding carboxylic acids is 1. The molecule has 1 fully saturated rings. The van der Waals surface area contributed by atoms with Gasteiger partial charge >= 0.3 is 0 Å². The Labute approximate surface area is 121 Å². The Balaban J connectivity index is 1.58. The topological polar surface area (TPSA) is 51.3 Å². The van der Waals surface area contributed by atoms with Crippen LogP contribution in [0.5, 0.6) is 0 Å². The number of furan rings is 1. The summed E-state index contributed by atoms with van der Waals surface area (Å²) in [6.45, 7) is 1.48. The summed E-state index contributed by atoms with van der Waals surface area (Å²) in [6.07, 6.45) is 5.86. The van der Waals surface area contributed by atoms with E-state index in [1.54, 1.807) is 6.07 Å². The molecule has 21 heavy (non-hydrogen) atoms. The molecule has 1 aromatic carbocycles. The van der Waals surface area contributed by atoms with Crippen LogP contribution >= 0.6 is 0 Å². The molecule has 106 valence electrons. The number of rotatable bonds is 2. The zero-order chi connectivity index (χ0) is 14.2. The third-order valence-electron chi connectivity index (χ3n) is 4.09. The Hall–Kier alpha value is -2.56. The van der Waals surface area contributed by atoms with E-state index in [4.69, 9.17) is 4.42 Å². The fourth-order valence-corrected chi connectivity index (χ4v) is 2.99. The van der Waals surface area contributed by atoms with Gasteiger partial charge in [0.15, 0.2) is 0 Å². The summed E-state index contributed by atoms with van der Waals surface area (Å²) in [6, 6.07) is 10.1. The van der Waals surface area contributed by atoms with Crippen molar-refractivity contribution in [3.05, 3.63) is 54.7 Å². The van der Waals surface area contributed by atoms with Crippen molar-refractivity contribution >= 4 is 16.9 Å². The van der Waals surface area contributed by atoms with E-state index in [2.05, 4.69) is 15.6 Å². The smallest absolute Gasteiger partial charge is 0.257 e. The van der Waals surface area contributed by atoms with Gasteiger partial charge in [-0.15, -0.1) is 0 Å². The first-order valence-corrected chi connectivity index (χ1v) is 7.06. The van der Waals surface area contributed by atoms with Crippen LogP contribution in [0, 0.1) is 0 Å². The van der Waals surface area contributed by atoms with Crippen molar-refractivity contribution in [1.82, 2.24) is 14.5 Å². The molecule has 1 aliphatic heterocycles. The average molecular weight is 281 g/mol. The third-order valence-corrected chi connectivity index (χ3v) is 4.09. The molecule has 5 heteroatoms. The highest BCUT2D eigenvalue weighted by atomic mass is 16.3. The van der Waals surface area contributed by atoms with Gasteiger partial charge in [0.2, 0.25) is 0 Å². The molecule has 1 saturated heterocycles. The summed E-state index contributed by atoms with van der Waals surface area (Å²) in [4.78, 5) is 18.6. The summed E-state index contributed by atoms with van der Waals surface area (Å²) in [5, 5.41) is 0. The largest absolute Gasteiger partial charge is 0.472 e. The number of hydrogen-bond donors (Lipinski definition) is 0. The summed E-state index contributed by atoms with van der Waals surface area (Å²) in [5.41, 5.74) is 2.74. The zero-order valence-corrected chi connectivity index (χ0v) is 11.5. The van der Waals surface area contributed by atoms with Crippen molar-refractivity contribution in [1.29, 1.82) is 0 Å². The van der Waals surface area contributed by atoms with Gasteiger partial charge in [0, 0.05) is 13.1 Å². The van der Waals surface area contributed by atoms with Gasteiger partial charge in [0.05, 0.1) is 35.2 Å². The molecule has 5 nitrogen and oxygen atoms in total. The van der Waals surface area contributed by atoms with Crippen LogP contribution in [-0.2, 0) is 0 Å². The second-order valence-electron chi connectivity index (χ2n) is 5.35. The van der Waals surface area contributed by atoms with Gasteiger partial charge in [-0.25, -0.2) is 4.98 Å². The molecular formula is C16H15N3O2. The number of likely N-dealkylation sites (tertiary alicyclic amines) is 1. The Kier molecular flexibility index (Phi) is 2.77. The predicted octanol–water partition coefficient (Wildman–Crippen LogP) is 2.72. The molecule has 0 spiro atoms. The zero-order valence-electron chi connectivity index (χ0n) is 11.5.